The molecule has 1 saturated heterocycles. The van der Waals surface area contributed by atoms with E-state index in [9.17, 15) is 18.4 Å². The molecule has 3 aromatic rings. The number of benzene rings is 3. The van der Waals surface area contributed by atoms with Gasteiger partial charge in [0.25, 0.3) is 11.8 Å². The second kappa shape index (κ2) is 7.74. The Kier molecular flexibility index (Phi) is 5.01. The molecule has 1 spiro atoms. The van der Waals surface area contributed by atoms with Gasteiger partial charge in [-0.1, -0.05) is 29.8 Å². The fourth-order valence-electron chi connectivity index (χ4n) is 4.49. The van der Waals surface area contributed by atoms with Crippen molar-refractivity contribution in [1.82, 2.24) is 4.90 Å². The van der Waals surface area contributed by atoms with Gasteiger partial charge in [-0.25, -0.2) is 8.78 Å². The number of carbonyl (C=O) groups excluding carboxylic acids is 2. The molecular formula is C25H20F2N2O2S. The average molecular weight is 451 g/mol. The lowest BCUT2D eigenvalue weighted by atomic mass is 10.0. The zero-order chi connectivity index (χ0) is 22.5. The van der Waals surface area contributed by atoms with Gasteiger partial charge >= 0.3 is 0 Å². The largest absolute Gasteiger partial charge is 0.311 e. The molecule has 4 nitrogen and oxygen atoms in total. The second-order valence-corrected chi connectivity index (χ2v) is 9.29. The number of fused-ring (bicyclic) bond motifs is 2. The molecule has 0 aliphatic carbocycles. The molecule has 2 amide bonds. The van der Waals surface area contributed by atoms with E-state index in [-0.39, 0.29) is 17.4 Å². The molecule has 2 heterocycles. The van der Waals surface area contributed by atoms with Crippen molar-refractivity contribution < 1.29 is 18.4 Å². The summed E-state index contributed by atoms with van der Waals surface area (Å²) in [4.78, 5) is 29.1. The Morgan fingerprint density at radius 2 is 1.78 bits per heavy atom. The zero-order valence-electron chi connectivity index (χ0n) is 17.3. The molecule has 7 heteroatoms. The first-order valence-corrected chi connectivity index (χ1v) is 11.3. The van der Waals surface area contributed by atoms with Gasteiger partial charge in [-0.3, -0.25) is 9.59 Å². The number of hydrogen-bond donors (Lipinski definition) is 0. The third kappa shape index (κ3) is 3.19. The van der Waals surface area contributed by atoms with Crippen LogP contribution in [-0.4, -0.2) is 29.0 Å². The van der Waals surface area contributed by atoms with Crippen LogP contribution in [0.25, 0.3) is 0 Å². The summed E-state index contributed by atoms with van der Waals surface area (Å²) in [5.41, 5.74) is 3.39. The highest BCUT2D eigenvalue weighted by Crippen LogP contribution is 2.54. The van der Waals surface area contributed by atoms with Gasteiger partial charge < -0.3 is 9.80 Å². The number of thioether (sulfide) groups is 1. The molecule has 2 aliphatic heterocycles. The van der Waals surface area contributed by atoms with Gasteiger partial charge in [-0.15, -0.1) is 11.8 Å². The van der Waals surface area contributed by atoms with Crippen LogP contribution < -0.4 is 4.90 Å². The van der Waals surface area contributed by atoms with E-state index in [0.29, 0.717) is 30.1 Å². The molecule has 5 rings (SSSR count). The van der Waals surface area contributed by atoms with Crippen LogP contribution in [0.15, 0.2) is 66.7 Å². The van der Waals surface area contributed by atoms with Gasteiger partial charge in [0.15, 0.2) is 4.87 Å². The summed E-state index contributed by atoms with van der Waals surface area (Å²) in [5, 5.41) is 0. The normalized spacial score (nSPS) is 19.7. The van der Waals surface area contributed by atoms with Crippen molar-refractivity contribution in [3.05, 3.63) is 101 Å². The van der Waals surface area contributed by atoms with E-state index in [4.69, 9.17) is 0 Å². The van der Waals surface area contributed by atoms with Crippen molar-refractivity contribution in [2.45, 2.75) is 18.3 Å². The quantitative estimate of drug-likeness (QED) is 0.572. The summed E-state index contributed by atoms with van der Waals surface area (Å²) >= 11 is 1.34. The maximum absolute atomic E-state index is 14.3. The van der Waals surface area contributed by atoms with Crippen LogP contribution in [0.1, 0.15) is 27.0 Å². The fourth-order valence-corrected chi connectivity index (χ4v) is 5.94. The molecule has 1 fully saturated rings. The highest BCUT2D eigenvalue weighted by Gasteiger charge is 2.59. The minimum Gasteiger partial charge on any atom is -0.311 e. The van der Waals surface area contributed by atoms with Crippen LogP contribution in [0.5, 0.6) is 0 Å². The molecular weight excluding hydrogens is 430 g/mol. The summed E-state index contributed by atoms with van der Waals surface area (Å²) in [7, 11) is 0. The molecule has 162 valence electrons. The summed E-state index contributed by atoms with van der Waals surface area (Å²) in [5.74, 6) is -1.02. The molecule has 0 saturated carbocycles. The van der Waals surface area contributed by atoms with Crippen molar-refractivity contribution in [2.24, 2.45) is 0 Å². The lowest BCUT2D eigenvalue weighted by molar-refractivity contribution is -0.123. The van der Waals surface area contributed by atoms with E-state index in [1.807, 2.05) is 31.2 Å². The molecule has 0 unspecified atom stereocenters. The van der Waals surface area contributed by atoms with Gasteiger partial charge in [0.2, 0.25) is 0 Å². The summed E-state index contributed by atoms with van der Waals surface area (Å²) < 4.78 is 27.7. The number of anilines is 1. The van der Waals surface area contributed by atoms with Crippen LogP contribution in [0.4, 0.5) is 14.5 Å². The monoisotopic (exact) mass is 450 g/mol. The van der Waals surface area contributed by atoms with Crippen molar-refractivity contribution in [3.8, 4) is 0 Å². The minimum atomic E-state index is -1.34. The summed E-state index contributed by atoms with van der Waals surface area (Å²) in [6.45, 7) is 2.64. The Balaban J connectivity index is 1.59. The molecule has 32 heavy (non-hydrogen) atoms. The van der Waals surface area contributed by atoms with Gasteiger partial charge in [0, 0.05) is 23.4 Å². The van der Waals surface area contributed by atoms with Gasteiger partial charge in [0.05, 0.1) is 12.2 Å². The Morgan fingerprint density at radius 1 is 1.03 bits per heavy atom. The number of carbonyl (C=O) groups is 2. The van der Waals surface area contributed by atoms with Crippen molar-refractivity contribution in [3.63, 3.8) is 0 Å². The number of hydrogen-bond acceptors (Lipinski definition) is 3. The number of amides is 2. The van der Waals surface area contributed by atoms with E-state index in [2.05, 4.69) is 0 Å². The highest BCUT2D eigenvalue weighted by molar-refractivity contribution is 8.01. The van der Waals surface area contributed by atoms with Gasteiger partial charge in [0.1, 0.15) is 11.6 Å². The third-order valence-electron chi connectivity index (χ3n) is 5.91. The smallest absolute Gasteiger partial charge is 0.268 e. The first-order chi connectivity index (χ1) is 15.4. The molecule has 0 aromatic heterocycles. The first-order valence-electron chi connectivity index (χ1n) is 10.3. The Hall–Kier alpha value is -3.19. The van der Waals surface area contributed by atoms with E-state index in [1.54, 1.807) is 11.0 Å². The van der Waals surface area contributed by atoms with Crippen LogP contribution in [0.2, 0.25) is 0 Å². The summed E-state index contributed by atoms with van der Waals surface area (Å²) in [6, 6.07) is 17.4. The van der Waals surface area contributed by atoms with Crippen molar-refractivity contribution in [1.29, 1.82) is 0 Å². The van der Waals surface area contributed by atoms with E-state index in [1.165, 1.54) is 53.1 Å². The molecule has 0 radical (unpaired) electrons. The topological polar surface area (TPSA) is 40.6 Å². The van der Waals surface area contributed by atoms with Crippen LogP contribution in [0, 0.1) is 18.6 Å². The molecule has 3 aromatic carbocycles. The van der Waals surface area contributed by atoms with E-state index in [0.717, 1.165) is 11.1 Å². The minimum absolute atomic E-state index is 0.266. The van der Waals surface area contributed by atoms with Crippen molar-refractivity contribution in [2.75, 3.05) is 17.2 Å². The summed E-state index contributed by atoms with van der Waals surface area (Å²) in [6.07, 6.45) is 0. The lowest BCUT2D eigenvalue weighted by Crippen LogP contribution is -2.50. The van der Waals surface area contributed by atoms with Gasteiger partial charge in [-0.05, 0) is 55.0 Å². The van der Waals surface area contributed by atoms with Crippen LogP contribution >= 0.6 is 11.8 Å². The first kappa shape index (κ1) is 20.7. The number of rotatable bonds is 3. The Bertz CT molecular complexity index is 1230. The number of aryl methyl sites for hydroxylation is 1. The third-order valence-corrected chi connectivity index (χ3v) is 7.33. The standard InChI is InChI=1S/C25H20F2N2O2S/c1-16-3-2-4-17(13-16)15-28-22-10-9-20(27)14-21(22)25(24(28)31)29(11-12-32-25)23(30)18-5-7-19(26)8-6-18/h2-10,13-14H,11-12,15H2,1H3/t25-/m0/s1. The number of halogens is 2. The van der Waals surface area contributed by atoms with Gasteiger partial charge in [-0.2, -0.15) is 0 Å². The van der Waals surface area contributed by atoms with Crippen LogP contribution in [-0.2, 0) is 16.2 Å². The zero-order valence-corrected chi connectivity index (χ0v) is 18.2. The Morgan fingerprint density at radius 3 is 2.53 bits per heavy atom. The molecule has 1 atom stereocenters. The van der Waals surface area contributed by atoms with E-state index < -0.39 is 16.5 Å². The molecule has 0 bridgehead atoms. The second-order valence-electron chi connectivity index (χ2n) is 8.00. The predicted molar refractivity (Wildman–Crippen MR) is 120 cm³/mol. The SMILES string of the molecule is Cc1cccc(CN2C(=O)[C@@]3(SCCN3C(=O)c3ccc(F)cc3)c3cc(F)ccc32)c1. The number of nitrogens with zero attached hydrogens (tertiary/aromatic N) is 2. The lowest BCUT2D eigenvalue weighted by Gasteiger charge is -2.33. The predicted octanol–water partition coefficient (Wildman–Crippen LogP) is 4.86. The fraction of sp³-hybridized carbons (Fsp3) is 0.200. The maximum Gasteiger partial charge on any atom is 0.268 e. The molecule has 0 N–H and O–H groups in total. The average Bonchev–Trinajstić information content (AvgIpc) is 3.31. The maximum atomic E-state index is 14.3. The Labute approximate surface area is 188 Å². The molecule has 2 aliphatic rings. The van der Waals surface area contributed by atoms with Crippen molar-refractivity contribution >= 4 is 29.3 Å². The van der Waals surface area contributed by atoms with E-state index >= 15 is 0 Å². The van der Waals surface area contributed by atoms with Crippen LogP contribution in [0.3, 0.4) is 0 Å². The highest BCUT2D eigenvalue weighted by atomic mass is 32.2.